The molecule has 0 aliphatic carbocycles. The minimum absolute atomic E-state index is 0.0360. The van der Waals surface area contributed by atoms with Crippen molar-refractivity contribution in [2.75, 3.05) is 0 Å². The predicted octanol–water partition coefficient (Wildman–Crippen LogP) is 7.51. The normalized spacial score (nSPS) is 19.3. The largest absolute Gasteiger partial charge is 0.478 e. The van der Waals surface area contributed by atoms with E-state index in [-0.39, 0.29) is 28.8 Å². The van der Waals surface area contributed by atoms with Gasteiger partial charge in [-0.05, 0) is 81.9 Å². The zero-order valence-corrected chi connectivity index (χ0v) is 25.5. The number of hydrogen-bond donors (Lipinski definition) is 1. The average Bonchev–Trinajstić information content (AvgIpc) is 3.20. The summed E-state index contributed by atoms with van der Waals surface area (Å²) >= 11 is 6.11. The molecule has 1 fully saturated rings. The van der Waals surface area contributed by atoms with Gasteiger partial charge in [0.15, 0.2) is 8.32 Å². The highest BCUT2D eigenvalue weighted by atomic mass is 35.5. The van der Waals surface area contributed by atoms with Crippen molar-refractivity contribution in [3.63, 3.8) is 0 Å². The number of carboxylic acid groups (broad SMARTS) is 1. The first-order valence-corrected chi connectivity index (χ1v) is 16.4. The van der Waals surface area contributed by atoms with Crippen molar-refractivity contribution in [1.29, 1.82) is 0 Å². The van der Waals surface area contributed by atoms with Gasteiger partial charge in [-0.1, -0.05) is 50.6 Å². The van der Waals surface area contributed by atoms with E-state index < -0.39 is 26.0 Å². The number of benzene rings is 1. The molecule has 0 radical (unpaired) electrons. The third-order valence-electron chi connectivity index (χ3n) is 7.48. The van der Waals surface area contributed by atoms with Crippen LogP contribution in [0.5, 0.6) is 0 Å². The maximum Gasteiger partial charge on any atom is 0.410 e. The fourth-order valence-corrected chi connectivity index (χ4v) is 5.88. The van der Waals surface area contributed by atoms with E-state index in [1.54, 1.807) is 24.4 Å². The van der Waals surface area contributed by atoms with Gasteiger partial charge in [-0.2, -0.15) is 0 Å². The lowest BCUT2D eigenvalue weighted by Crippen LogP contribution is -2.50. The number of amides is 1. The van der Waals surface area contributed by atoms with E-state index >= 15 is 0 Å². The molecule has 2 heterocycles. The Morgan fingerprint density at radius 1 is 1.08 bits per heavy atom. The van der Waals surface area contributed by atoms with E-state index in [1.165, 1.54) is 0 Å². The van der Waals surface area contributed by atoms with Gasteiger partial charge in [0.05, 0.1) is 17.7 Å². The van der Waals surface area contributed by atoms with Gasteiger partial charge in [0, 0.05) is 17.8 Å². The van der Waals surface area contributed by atoms with Gasteiger partial charge >= 0.3 is 12.1 Å². The maximum atomic E-state index is 13.7. The van der Waals surface area contributed by atoms with Gasteiger partial charge in [0.25, 0.3) is 0 Å². The highest BCUT2D eigenvalue weighted by molar-refractivity contribution is 6.74. The van der Waals surface area contributed by atoms with Crippen LogP contribution in [0, 0.1) is 0 Å². The zero-order valence-electron chi connectivity index (χ0n) is 23.7. The molecule has 208 valence electrons. The van der Waals surface area contributed by atoms with Crippen LogP contribution in [0.2, 0.25) is 23.3 Å². The lowest BCUT2D eigenvalue weighted by molar-refractivity contribution is -0.00244. The van der Waals surface area contributed by atoms with Crippen LogP contribution in [0.4, 0.5) is 4.79 Å². The van der Waals surface area contributed by atoms with Crippen LogP contribution in [0.15, 0.2) is 42.6 Å². The molecule has 2 aromatic rings. The Hall–Kier alpha value is -2.42. The number of carbonyl (C=O) groups is 2. The van der Waals surface area contributed by atoms with Gasteiger partial charge in [0.1, 0.15) is 10.8 Å². The fourth-order valence-electron chi connectivity index (χ4n) is 4.48. The molecule has 3 atom stereocenters. The lowest BCUT2D eigenvalue weighted by Gasteiger charge is -2.43. The molecule has 0 spiro atoms. The number of hydrogen-bond acceptors (Lipinski definition) is 5. The Bertz CT molecular complexity index is 1120. The minimum atomic E-state index is -2.25. The Morgan fingerprint density at radius 2 is 1.71 bits per heavy atom. The van der Waals surface area contributed by atoms with Gasteiger partial charge in [0.2, 0.25) is 0 Å². The van der Waals surface area contributed by atoms with Crippen molar-refractivity contribution in [2.45, 2.75) is 103 Å². The lowest BCUT2D eigenvalue weighted by atomic mass is 10.0. The summed E-state index contributed by atoms with van der Waals surface area (Å²) in [5.41, 5.74) is 1.42. The first-order chi connectivity index (χ1) is 17.5. The molecule has 0 saturated carbocycles. The molecule has 38 heavy (non-hydrogen) atoms. The van der Waals surface area contributed by atoms with Crippen molar-refractivity contribution >= 4 is 32.0 Å². The molecule has 9 heteroatoms. The topological polar surface area (TPSA) is 89.0 Å². The second-order valence-corrected chi connectivity index (χ2v) is 17.7. The van der Waals surface area contributed by atoms with Crippen LogP contribution >= 0.6 is 11.6 Å². The fraction of sp³-hybridized carbons (Fsp3) is 0.552. The predicted molar refractivity (Wildman–Crippen MR) is 152 cm³/mol. The molecular weight excluding hydrogens is 520 g/mol. The third kappa shape index (κ3) is 7.36. The van der Waals surface area contributed by atoms with Crippen LogP contribution < -0.4 is 0 Å². The smallest absolute Gasteiger partial charge is 0.410 e. The van der Waals surface area contributed by atoms with Crippen molar-refractivity contribution in [3.8, 4) is 0 Å². The molecule has 7 nitrogen and oxygen atoms in total. The van der Waals surface area contributed by atoms with E-state index in [1.807, 2.05) is 43.9 Å². The molecule has 1 aromatic carbocycles. The number of ether oxygens (including phenoxy) is 1. The molecule has 3 rings (SSSR count). The second-order valence-electron chi connectivity index (χ2n) is 12.6. The summed E-state index contributed by atoms with van der Waals surface area (Å²) in [5, 5.41) is 9.63. The summed E-state index contributed by atoms with van der Waals surface area (Å²) in [4.78, 5) is 31.2. The monoisotopic (exact) mass is 560 g/mol. The summed E-state index contributed by atoms with van der Waals surface area (Å²) < 4.78 is 12.9. The number of nitrogens with zero attached hydrogens (tertiary/aromatic N) is 2. The van der Waals surface area contributed by atoms with Crippen molar-refractivity contribution in [1.82, 2.24) is 9.88 Å². The highest BCUT2D eigenvalue weighted by Crippen LogP contribution is 2.44. The van der Waals surface area contributed by atoms with Crippen molar-refractivity contribution in [2.24, 2.45) is 0 Å². The summed E-state index contributed by atoms with van der Waals surface area (Å²) in [7, 11) is -2.25. The van der Waals surface area contributed by atoms with Gasteiger partial charge < -0.3 is 14.3 Å². The number of carbonyl (C=O) groups excluding carboxylic acids is 1. The number of rotatable bonds is 7. The van der Waals surface area contributed by atoms with E-state index in [0.29, 0.717) is 11.6 Å². The average molecular weight is 561 g/mol. The summed E-state index contributed by atoms with van der Waals surface area (Å²) in [6.45, 7) is 16.6. The second kappa shape index (κ2) is 11.4. The van der Waals surface area contributed by atoms with Crippen LogP contribution in [0.25, 0.3) is 0 Å². The van der Waals surface area contributed by atoms with E-state index in [0.717, 1.165) is 24.0 Å². The SMILES string of the molecule is CC(C)(C)OC(=O)N1[C@H](Cc2ccc(C(=O)O)cc2)CC[C@@H]1[C@H](O[Si](C)(C)C(C)(C)C)c1ccc(Cl)nc1. The molecular formula is C29H41ClN2O5Si. The van der Waals surface area contributed by atoms with E-state index in [4.69, 9.17) is 20.8 Å². The molecule has 0 unspecified atom stereocenters. The van der Waals surface area contributed by atoms with Gasteiger partial charge in [-0.3, -0.25) is 4.90 Å². The molecule has 1 amide bonds. The molecule has 1 aromatic heterocycles. The Morgan fingerprint density at radius 3 is 2.21 bits per heavy atom. The van der Waals surface area contributed by atoms with Crippen LogP contribution in [0.1, 0.15) is 82.0 Å². The summed E-state index contributed by atoms with van der Waals surface area (Å²) in [6.07, 6.45) is 3.06. The first-order valence-electron chi connectivity index (χ1n) is 13.1. The van der Waals surface area contributed by atoms with Crippen LogP contribution in [-0.4, -0.2) is 53.1 Å². The zero-order chi connectivity index (χ0) is 28.5. The molecule has 1 aliphatic heterocycles. The Kier molecular flexibility index (Phi) is 9.01. The van der Waals surface area contributed by atoms with Crippen molar-refractivity contribution in [3.05, 3.63) is 64.4 Å². The number of aromatic carboxylic acids is 1. The molecule has 0 bridgehead atoms. The summed E-state index contributed by atoms with van der Waals surface area (Å²) in [6, 6.07) is 10.1. The van der Waals surface area contributed by atoms with Crippen LogP contribution in [-0.2, 0) is 15.6 Å². The number of aromatic nitrogens is 1. The minimum Gasteiger partial charge on any atom is -0.478 e. The number of likely N-dealkylation sites (tertiary alicyclic amines) is 1. The maximum absolute atomic E-state index is 13.7. The van der Waals surface area contributed by atoms with Crippen LogP contribution in [0.3, 0.4) is 0 Å². The number of pyridine rings is 1. The van der Waals surface area contributed by atoms with Crippen molar-refractivity contribution < 1.29 is 23.9 Å². The molecule has 1 saturated heterocycles. The number of halogens is 1. The van der Waals surface area contributed by atoms with E-state index in [9.17, 15) is 14.7 Å². The third-order valence-corrected chi connectivity index (χ3v) is 12.2. The number of carboxylic acids is 1. The first kappa shape index (κ1) is 30.1. The van der Waals surface area contributed by atoms with Gasteiger partial charge in [-0.15, -0.1) is 0 Å². The van der Waals surface area contributed by atoms with E-state index in [2.05, 4.69) is 38.8 Å². The summed E-state index contributed by atoms with van der Waals surface area (Å²) in [5.74, 6) is -0.963. The van der Waals surface area contributed by atoms with Gasteiger partial charge in [-0.25, -0.2) is 14.6 Å². The standard InChI is InChI=1S/C29H41ClN2O5Si/c1-28(2,3)36-27(35)32-22(17-19-9-11-20(12-10-19)26(33)34)14-15-23(32)25(21-13-16-24(30)31-18-21)37-38(7,8)29(4,5)6/h9-13,16,18,22-23,25H,14-15,17H2,1-8H3,(H,33,34)/t22-,23+,25+/m0/s1. The Balaban J connectivity index is 2.01. The highest BCUT2D eigenvalue weighted by Gasteiger charge is 2.47. The molecule has 1 N–H and O–H groups in total. The molecule has 1 aliphatic rings. The quantitative estimate of drug-likeness (QED) is 0.278. The Labute approximate surface area is 232 Å².